The van der Waals surface area contributed by atoms with Gasteiger partial charge in [-0.05, 0) is 40.0 Å². The standard InChI is InChI=1S/C14H23N3O2/c1-4-19-13(18)14(3,16-12-5-6-12)7-9-17-10-8-15-11(17)2/h8,10,12,16H,4-7,9H2,1-3H3. The fourth-order valence-electron chi connectivity index (χ4n) is 2.19. The van der Waals surface area contributed by atoms with Crippen LogP contribution in [0.4, 0.5) is 0 Å². The number of ether oxygens (including phenoxy) is 1. The van der Waals surface area contributed by atoms with Crippen LogP contribution >= 0.6 is 0 Å². The smallest absolute Gasteiger partial charge is 0.326 e. The first-order valence-electron chi connectivity index (χ1n) is 6.98. The Morgan fingerprint density at radius 1 is 1.63 bits per heavy atom. The van der Waals surface area contributed by atoms with Crippen molar-refractivity contribution < 1.29 is 9.53 Å². The monoisotopic (exact) mass is 265 g/mol. The van der Waals surface area contributed by atoms with E-state index in [9.17, 15) is 4.79 Å². The minimum Gasteiger partial charge on any atom is -0.465 e. The maximum Gasteiger partial charge on any atom is 0.326 e. The molecule has 19 heavy (non-hydrogen) atoms. The number of aryl methyl sites for hydroxylation is 2. The molecule has 106 valence electrons. The number of nitrogens with zero attached hydrogens (tertiary/aromatic N) is 2. The van der Waals surface area contributed by atoms with E-state index in [4.69, 9.17) is 4.74 Å². The van der Waals surface area contributed by atoms with Crippen LogP contribution in [0.5, 0.6) is 0 Å². The normalized spacial score (nSPS) is 18.1. The van der Waals surface area contributed by atoms with E-state index in [0.29, 0.717) is 19.1 Å². The number of carbonyl (C=O) groups excluding carboxylic acids is 1. The van der Waals surface area contributed by atoms with Gasteiger partial charge in [-0.25, -0.2) is 4.98 Å². The van der Waals surface area contributed by atoms with Crippen molar-refractivity contribution in [1.29, 1.82) is 0 Å². The Kier molecular flexibility index (Phi) is 4.24. The van der Waals surface area contributed by atoms with Crippen LogP contribution in [-0.4, -0.2) is 33.7 Å². The summed E-state index contributed by atoms with van der Waals surface area (Å²) in [6.07, 6.45) is 6.74. The summed E-state index contributed by atoms with van der Waals surface area (Å²) in [5.41, 5.74) is -0.603. The lowest BCUT2D eigenvalue weighted by atomic mass is 9.97. The van der Waals surface area contributed by atoms with Crippen LogP contribution in [0, 0.1) is 6.92 Å². The summed E-state index contributed by atoms with van der Waals surface area (Å²) in [5, 5.41) is 3.43. The third kappa shape index (κ3) is 3.56. The Labute approximate surface area is 114 Å². The first-order valence-corrected chi connectivity index (χ1v) is 6.98. The second-order valence-corrected chi connectivity index (χ2v) is 5.39. The van der Waals surface area contributed by atoms with Gasteiger partial charge in [0.05, 0.1) is 6.61 Å². The van der Waals surface area contributed by atoms with E-state index in [1.807, 2.05) is 27.0 Å². The SMILES string of the molecule is CCOC(=O)C(C)(CCn1ccnc1C)NC1CC1. The Balaban J connectivity index is 2.00. The number of nitrogens with one attached hydrogen (secondary N) is 1. The van der Waals surface area contributed by atoms with E-state index in [2.05, 4.69) is 14.9 Å². The van der Waals surface area contributed by atoms with Crippen LogP contribution in [0.1, 0.15) is 38.9 Å². The second-order valence-electron chi connectivity index (χ2n) is 5.39. The Hall–Kier alpha value is -1.36. The van der Waals surface area contributed by atoms with Gasteiger partial charge in [0, 0.05) is 25.0 Å². The minimum atomic E-state index is -0.603. The van der Waals surface area contributed by atoms with Crippen LogP contribution in [0.25, 0.3) is 0 Å². The van der Waals surface area contributed by atoms with Gasteiger partial charge in [0.2, 0.25) is 0 Å². The van der Waals surface area contributed by atoms with E-state index in [0.717, 1.165) is 25.2 Å². The van der Waals surface area contributed by atoms with Crippen molar-refractivity contribution in [3.05, 3.63) is 18.2 Å². The average Bonchev–Trinajstić information content (AvgIpc) is 3.08. The summed E-state index contributed by atoms with van der Waals surface area (Å²) in [5.74, 6) is 0.817. The molecule has 1 unspecified atom stereocenters. The molecule has 1 fully saturated rings. The molecule has 1 heterocycles. The highest BCUT2D eigenvalue weighted by molar-refractivity contribution is 5.80. The molecule has 2 rings (SSSR count). The summed E-state index contributed by atoms with van der Waals surface area (Å²) < 4.78 is 7.27. The molecule has 1 aromatic rings. The number of rotatable bonds is 7. The molecule has 1 aliphatic carbocycles. The molecule has 1 aliphatic rings. The van der Waals surface area contributed by atoms with Gasteiger partial charge in [-0.1, -0.05) is 0 Å². The fourth-order valence-corrected chi connectivity index (χ4v) is 2.19. The number of hydrogen-bond acceptors (Lipinski definition) is 4. The molecule has 5 heteroatoms. The molecule has 1 N–H and O–H groups in total. The number of carbonyl (C=O) groups is 1. The van der Waals surface area contributed by atoms with E-state index in [1.54, 1.807) is 6.20 Å². The van der Waals surface area contributed by atoms with Crippen LogP contribution in [0.3, 0.4) is 0 Å². The number of hydrogen-bond donors (Lipinski definition) is 1. The highest BCUT2D eigenvalue weighted by Gasteiger charge is 2.39. The summed E-state index contributed by atoms with van der Waals surface area (Å²) in [7, 11) is 0. The first-order chi connectivity index (χ1) is 9.05. The van der Waals surface area contributed by atoms with Crippen LogP contribution in [0.15, 0.2) is 12.4 Å². The molecule has 0 saturated heterocycles. The average molecular weight is 265 g/mol. The summed E-state index contributed by atoms with van der Waals surface area (Å²) in [6, 6.07) is 0.471. The van der Waals surface area contributed by atoms with Crippen LogP contribution in [0.2, 0.25) is 0 Å². The maximum atomic E-state index is 12.2. The Bertz CT molecular complexity index is 440. The van der Waals surface area contributed by atoms with Crippen LogP contribution < -0.4 is 5.32 Å². The highest BCUT2D eigenvalue weighted by atomic mass is 16.5. The molecular weight excluding hydrogens is 242 g/mol. The zero-order valence-corrected chi connectivity index (χ0v) is 12.0. The molecule has 1 atom stereocenters. The van der Waals surface area contributed by atoms with Gasteiger partial charge in [-0.3, -0.25) is 10.1 Å². The molecule has 1 saturated carbocycles. The van der Waals surface area contributed by atoms with Crippen molar-refractivity contribution in [2.24, 2.45) is 0 Å². The zero-order chi connectivity index (χ0) is 13.9. The van der Waals surface area contributed by atoms with Crippen molar-refractivity contribution in [2.45, 2.75) is 58.2 Å². The molecule has 0 amide bonds. The Morgan fingerprint density at radius 2 is 2.37 bits per heavy atom. The predicted molar refractivity (Wildman–Crippen MR) is 72.8 cm³/mol. The molecule has 0 aromatic carbocycles. The van der Waals surface area contributed by atoms with Gasteiger partial charge >= 0.3 is 5.97 Å². The molecule has 0 bridgehead atoms. The van der Waals surface area contributed by atoms with E-state index >= 15 is 0 Å². The third-order valence-electron chi connectivity index (χ3n) is 3.60. The van der Waals surface area contributed by atoms with Gasteiger partial charge in [0.15, 0.2) is 0 Å². The molecule has 0 radical (unpaired) electrons. The number of esters is 1. The lowest BCUT2D eigenvalue weighted by Gasteiger charge is -2.29. The van der Waals surface area contributed by atoms with Gasteiger partial charge in [0.1, 0.15) is 11.4 Å². The molecule has 0 aliphatic heterocycles. The van der Waals surface area contributed by atoms with E-state index < -0.39 is 5.54 Å². The topological polar surface area (TPSA) is 56.2 Å². The fraction of sp³-hybridized carbons (Fsp3) is 0.714. The first kappa shape index (κ1) is 14.1. The number of aromatic nitrogens is 2. The van der Waals surface area contributed by atoms with Crippen molar-refractivity contribution in [3.8, 4) is 0 Å². The highest BCUT2D eigenvalue weighted by Crippen LogP contribution is 2.25. The van der Waals surface area contributed by atoms with Gasteiger partial charge < -0.3 is 9.30 Å². The minimum absolute atomic E-state index is 0.153. The maximum absolute atomic E-state index is 12.2. The van der Waals surface area contributed by atoms with E-state index in [-0.39, 0.29) is 5.97 Å². The molecule has 0 spiro atoms. The summed E-state index contributed by atoms with van der Waals surface area (Å²) in [6.45, 7) is 6.94. The molecular formula is C14H23N3O2. The van der Waals surface area contributed by atoms with Gasteiger partial charge in [-0.2, -0.15) is 0 Å². The number of imidazole rings is 1. The second kappa shape index (κ2) is 5.74. The van der Waals surface area contributed by atoms with E-state index in [1.165, 1.54) is 0 Å². The van der Waals surface area contributed by atoms with Gasteiger partial charge in [0.25, 0.3) is 0 Å². The van der Waals surface area contributed by atoms with Crippen LogP contribution in [-0.2, 0) is 16.1 Å². The quantitative estimate of drug-likeness (QED) is 0.762. The zero-order valence-electron chi connectivity index (χ0n) is 12.0. The van der Waals surface area contributed by atoms with Crippen molar-refractivity contribution >= 4 is 5.97 Å². The Morgan fingerprint density at radius 3 is 2.89 bits per heavy atom. The summed E-state index contributed by atoms with van der Waals surface area (Å²) in [4.78, 5) is 16.4. The molecule has 5 nitrogen and oxygen atoms in total. The lowest BCUT2D eigenvalue weighted by Crippen LogP contribution is -2.52. The van der Waals surface area contributed by atoms with Crippen molar-refractivity contribution in [3.63, 3.8) is 0 Å². The van der Waals surface area contributed by atoms with Gasteiger partial charge in [-0.15, -0.1) is 0 Å². The summed E-state index contributed by atoms with van der Waals surface area (Å²) >= 11 is 0. The lowest BCUT2D eigenvalue weighted by molar-refractivity contribution is -0.151. The predicted octanol–water partition coefficient (Wildman–Crippen LogP) is 1.66. The molecule has 1 aromatic heterocycles. The third-order valence-corrected chi connectivity index (χ3v) is 3.60. The largest absolute Gasteiger partial charge is 0.465 e. The van der Waals surface area contributed by atoms with Crippen molar-refractivity contribution in [1.82, 2.24) is 14.9 Å². The van der Waals surface area contributed by atoms with Crippen molar-refractivity contribution in [2.75, 3.05) is 6.61 Å².